The number of fused-ring (bicyclic) bond motifs is 2. The number of cyclic esters (lactones) is 1. The van der Waals surface area contributed by atoms with Crippen molar-refractivity contribution < 1.29 is 14.3 Å². The summed E-state index contributed by atoms with van der Waals surface area (Å²) in [4.78, 5) is 12.1. The van der Waals surface area contributed by atoms with Gasteiger partial charge in [0.15, 0.2) is 6.10 Å². The van der Waals surface area contributed by atoms with Crippen LogP contribution in [0.3, 0.4) is 0 Å². The molecule has 0 amide bonds. The standard InChI is InChI=1S/C19H14O3/c1-21-17-11-10-15(12-6-2-3-7-13(12)17)18-14-8-4-5-9-16(14)19(20)22-18/h2-11,18H,1H3/t18-/m0/s1. The van der Waals surface area contributed by atoms with Crippen molar-refractivity contribution in [2.75, 3.05) is 7.11 Å². The summed E-state index contributed by atoms with van der Waals surface area (Å²) in [6.45, 7) is 0. The lowest BCUT2D eigenvalue weighted by atomic mass is 9.94. The Labute approximate surface area is 128 Å². The monoisotopic (exact) mass is 290 g/mol. The van der Waals surface area contributed by atoms with E-state index in [-0.39, 0.29) is 12.1 Å². The van der Waals surface area contributed by atoms with Crippen LogP contribution in [0.2, 0.25) is 0 Å². The lowest BCUT2D eigenvalue weighted by Gasteiger charge is -2.15. The van der Waals surface area contributed by atoms with E-state index in [4.69, 9.17) is 9.47 Å². The van der Waals surface area contributed by atoms with Crippen LogP contribution in [-0.4, -0.2) is 13.1 Å². The molecule has 0 fully saturated rings. The minimum Gasteiger partial charge on any atom is -0.496 e. The van der Waals surface area contributed by atoms with E-state index in [0.717, 1.165) is 27.6 Å². The molecule has 1 atom stereocenters. The van der Waals surface area contributed by atoms with Crippen LogP contribution in [-0.2, 0) is 4.74 Å². The number of carbonyl (C=O) groups excluding carboxylic acids is 1. The van der Waals surface area contributed by atoms with Crippen LogP contribution in [0.4, 0.5) is 0 Å². The predicted molar refractivity (Wildman–Crippen MR) is 84.2 cm³/mol. The molecule has 0 spiro atoms. The van der Waals surface area contributed by atoms with Crippen molar-refractivity contribution in [3.05, 3.63) is 77.4 Å². The molecule has 3 aromatic rings. The molecule has 108 valence electrons. The Morgan fingerprint density at radius 3 is 2.41 bits per heavy atom. The number of esters is 1. The van der Waals surface area contributed by atoms with Crippen molar-refractivity contribution in [1.82, 2.24) is 0 Å². The molecule has 1 aliphatic heterocycles. The fraction of sp³-hybridized carbons (Fsp3) is 0.105. The second kappa shape index (κ2) is 4.88. The third kappa shape index (κ3) is 1.79. The van der Waals surface area contributed by atoms with E-state index in [2.05, 4.69) is 0 Å². The lowest BCUT2D eigenvalue weighted by molar-refractivity contribution is 0.0458. The molecule has 0 aliphatic carbocycles. The van der Waals surface area contributed by atoms with E-state index >= 15 is 0 Å². The third-order valence-electron chi connectivity index (χ3n) is 4.11. The van der Waals surface area contributed by atoms with Gasteiger partial charge in [-0.15, -0.1) is 0 Å². The molecule has 22 heavy (non-hydrogen) atoms. The van der Waals surface area contributed by atoms with Gasteiger partial charge < -0.3 is 9.47 Å². The van der Waals surface area contributed by atoms with E-state index in [1.807, 2.05) is 60.7 Å². The van der Waals surface area contributed by atoms with Crippen LogP contribution >= 0.6 is 0 Å². The Hall–Kier alpha value is -2.81. The van der Waals surface area contributed by atoms with Gasteiger partial charge in [0.05, 0.1) is 12.7 Å². The minimum atomic E-state index is -0.362. The van der Waals surface area contributed by atoms with Gasteiger partial charge in [0, 0.05) is 16.5 Å². The molecule has 0 bridgehead atoms. The fourth-order valence-corrected chi connectivity index (χ4v) is 3.08. The quantitative estimate of drug-likeness (QED) is 0.666. The van der Waals surface area contributed by atoms with Crippen LogP contribution in [0.5, 0.6) is 5.75 Å². The molecule has 3 aromatic carbocycles. The molecular weight excluding hydrogens is 276 g/mol. The van der Waals surface area contributed by atoms with Crippen LogP contribution in [0.15, 0.2) is 60.7 Å². The molecule has 0 N–H and O–H groups in total. The lowest BCUT2D eigenvalue weighted by Crippen LogP contribution is -2.02. The van der Waals surface area contributed by atoms with Gasteiger partial charge in [0.2, 0.25) is 0 Å². The summed E-state index contributed by atoms with van der Waals surface area (Å²) in [6, 6.07) is 19.4. The molecule has 3 nitrogen and oxygen atoms in total. The average Bonchev–Trinajstić information content (AvgIpc) is 2.91. The van der Waals surface area contributed by atoms with Crippen molar-refractivity contribution in [2.45, 2.75) is 6.10 Å². The zero-order valence-corrected chi connectivity index (χ0v) is 12.1. The topological polar surface area (TPSA) is 35.5 Å². The molecule has 0 saturated heterocycles. The third-order valence-corrected chi connectivity index (χ3v) is 4.11. The number of benzene rings is 3. The number of hydrogen-bond acceptors (Lipinski definition) is 3. The Morgan fingerprint density at radius 2 is 1.59 bits per heavy atom. The fourth-order valence-electron chi connectivity index (χ4n) is 3.08. The summed E-state index contributed by atoms with van der Waals surface area (Å²) in [5.74, 6) is 0.553. The largest absolute Gasteiger partial charge is 0.496 e. The zero-order valence-electron chi connectivity index (χ0n) is 12.1. The van der Waals surface area contributed by atoms with Gasteiger partial charge in [-0.3, -0.25) is 0 Å². The molecule has 4 rings (SSSR count). The summed E-state index contributed by atoms with van der Waals surface area (Å²) in [5.41, 5.74) is 2.55. The molecule has 0 aromatic heterocycles. The summed E-state index contributed by atoms with van der Waals surface area (Å²) < 4.78 is 11.0. The average molecular weight is 290 g/mol. The molecule has 0 saturated carbocycles. The summed E-state index contributed by atoms with van der Waals surface area (Å²) in [5, 5.41) is 2.05. The highest BCUT2D eigenvalue weighted by atomic mass is 16.5. The van der Waals surface area contributed by atoms with Crippen LogP contribution in [0, 0.1) is 0 Å². The van der Waals surface area contributed by atoms with Gasteiger partial charge >= 0.3 is 5.97 Å². The van der Waals surface area contributed by atoms with Gasteiger partial charge in [-0.05, 0) is 17.5 Å². The SMILES string of the molecule is COc1ccc([C@H]2OC(=O)c3ccccc32)c2ccccc12. The molecule has 1 heterocycles. The smallest absolute Gasteiger partial charge is 0.339 e. The van der Waals surface area contributed by atoms with E-state index in [0.29, 0.717) is 5.56 Å². The van der Waals surface area contributed by atoms with Gasteiger partial charge in [0.25, 0.3) is 0 Å². The highest BCUT2D eigenvalue weighted by Crippen LogP contribution is 2.40. The second-order valence-corrected chi connectivity index (χ2v) is 5.28. The van der Waals surface area contributed by atoms with Gasteiger partial charge in [-0.25, -0.2) is 4.79 Å². The molecular formula is C19H14O3. The summed E-state index contributed by atoms with van der Waals surface area (Å²) in [7, 11) is 1.66. The number of methoxy groups -OCH3 is 1. The van der Waals surface area contributed by atoms with Gasteiger partial charge in [0.1, 0.15) is 5.75 Å². The van der Waals surface area contributed by atoms with Crippen molar-refractivity contribution in [1.29, 1.82) is 0 Å². The van der Waals surface area contributed by atoms with Crippen LogP contribution in [0.25, 0.3) is 10.8 Å². The first-order chi connectivity index (χ1) is 10.8. The molecule has 3 heteroatoms. The molecule has 0 unspecified atom stereocenters. The molecule has 1 aliphatic rings. The first-order valence-electron chi connectivity index (χ1n) is 7.15. The maximum atomic E-state index is 12.1. The highest BCUT2D eigenvalue weighted by Gasteiger charge is 2.32. The number of carbonyl (C=O) groups is 1. The highest BCUT2D eigenvalue weighted by molar-refractivity contribution is 5.97. The summed E-state index contributed by atoms with van der Waals surface area (Å²) in [6.07, 6.45) is -0.362. The van der Waals surface area contributed by atoms with Crippen molar-refractivity contribution in [2.24, 2.45) is 0 Å². The Morgan fingerprint density at radius 1 is 0.864 bits per heavy atom. The number of hydrogen-bond donors (Lipinski definition) is 0. The summed E-state index contributed by atoms with van der Waals surface area (Å²) >= 11 is 0. The van der Waals surface area contributed by atoms with Crippen molar-refractivity contribution in [3.63, 3.8) is 0 Å². The van der Waals surface area contributed by atoms with E-state index in [1.54, 1.807) is 7.11 Å². The normalized spacial score (nSPS) is 16.4. The molecule has 0 radical (unpaired) electrons. The van der Waals surface area contributed by atoms with Crippen LogP contribution < -0.4 is 4.74 Å². The van der Waals surface area contributed by atoms with Crippen LogP contribution in [0.1, 0.15) is 27.6 Å². The Balaban J connectivity index is 1.95. The second-order valence-electron chi connectivity index (χ2n) is 5.28. The van der Waals surface area contributed by atoms with E-state index < -0.39 is 0 Å². The first kappa shape index (κ1) is 12.9. The maximum absolute atomic E-state index is 12.1. The zero-order chi connectivity index (χ0) is 15.1. The van der Waals surface area contributed by atoms with E-state index in [9.17, 15) is 4.79 Å². The van der Waals surface area contributed by atoms with Crippen molar-refractivity contribution >= 4 is 16.7 Å². The van der Waals surface area contributed by atoms with Gasteiger partial charge in [-0.1, -0.05) is 48.5 Å². The predicted octanol–water partition coefficient (Wildman–Crippen LogP) is 4.11. The minimum absolute atomic E-state index is 0.263. The number of ether oxygens (including phenoxy) is 2. The van der Waals surface area contributed by atoms with Crippen molar-refractivity contribution in [3.8, 4) is 5.75 Å². The van der Waals surface area contributed by atoms with E-state index in [1.165, 1.54) is 0 Å². The Bertz CT molecular complexity index is 883. The number of rotatable bonds is 2. The van der Waals surface area contributed by atoms with Gasteiger partial charge in [-0.2, -0.15) is 0 Å². The first-order valence-corrected chi connectivity index (χ1v) is 7.15. The Kier molecular flexibility index (Phi) is 2.86. The maximum Gasteiger partial charge on any atom is 0.339 e.